The molecule has 0 radical (unpaired) electrons. The van der Waals surface area contributed by atoms with Gasteiger partial charge in [0, 0.05) is 37.5 Å². The lowest BCUT2D eigenvalue weighted by atomic mass is 9.97. The van der Waals surface area contributed by atoms with Crippen molar-refractivity contribution in [2.75, 3.05) is 20.1 Å². The molecule has 0 aromatic carbocycles. The summed E-state index contributed by atoms with van der Waals surface area (Å²) in [7, 11) is 2.26. The molecule has 0 aliphatic carbocycles. The molecule has 17 heavy (non-hydrogen) atoms. The van der Waals surface area contributed by atoms with Crippen molar-refractivity contribution in [3.63, 3.8) is 0 Å². The van der Waals surface area contributed by atoms with Gasteiger partial charge in [-0.1, -0.05) is 6.42 Å². The number of rotatable bonds is 2. The Kier molecular flexibility index (Phi) is 3.22. The number of carbonyl (C=O) groups excluding carboxylic acids is 1. The summed E-state index contributed by atoms with van der Waals surface area (Å²) in [5.41, 5.74) is 0. The van der Waals surface area contributed by atoms with Gasteiger partial charge >= 0.3 is 0 Å². The third kappa shape index (κ3) is 2.27. The molecule has 3 heteroatoms. The fourth-order valence-electron chi connectivity index (χ4n) is 3.98. The Bertz CT molecular complexity index is 289. The highest BCUT2D eigenvalue weighted by Crippen LogP contribution is 2.34. The second-order valence-corrected chi connectivity index (χ2v) is 6.16. The highest BCUT2D eigenvalue weighted by molar-refractivity contribution is 5.80. The van der Waals surface area contributed by atoms with E-state index in [4.69, 9.17) is 0 Å². The number of Topliss-reactive ketones (excluding diaryl/α,β-unsaturated/α-hetero) is 1. The number of nitrogens with zero attached hydrogens (tertiary/aromatic N) is 2. The Morgan fingerprint density at radius 1 is 1.12 bits per heavy atom. The number of likely N-dealkylation sites (N-methyl/N-ethyl adjacent to an activating group) is 1. The monoisotopic (exact) mass is 236 g/mol. The molecule has 0 saturated carbocycles. The minimum Gasteiger partial charge on any atom is -0.302 e. The Labute approximate surface area is 104 Å². The Hall–Kier alpha value is -0.410. The highest BCUT2D eigenvalue weighted by atomic mass is 16.1. The maximum Gasteiger partial charge on any atom is 0.136 e. The summed E-state index contributed by atoms with van der Waals surface area (Å²) >= 11 is 0. The van der Waals surface area contributed by atoms with E-state index in [0.29, 0.717) is 17.9 Å². The van der Waals surface area contributed by atoms with Gasteiger partial charge < -0.3 is 4.90 Å². The first-order valence-electron chi connectivity index (χ1n) is 7.21. The molecule has 0 N–H and O–H groups in total. The third-order valence-electron chi connectivity index (χ3n) is 5.04. The van der Waals surface area contributed by atoms with Crippen LogP contribution in [0.3, 0.4) is 0 Å². The van der Waals surface area contributed by atoms with Crippen LogP contribution in [-0.4, -0.2) is 53.8 Å². The smallest absolute Gasteiger partial charge is 0.136 e. The van der Waals surface area contributed by atoms with Crippen LogP contribution in [0.4, 0.5) is 0 Å². The van der Waals surface area contributed by atoms with Crippen molar-refractivity contribution in [2.45, 2.75) is 63.1 Å². The minimum absolute atomic E-state index is 0.505. The summed E-state index contributed by atoms with van der Waals surface area (Å²) in [5.74, 6) is 0.505. The van der Waals surface area contributed by atoms with Gasteiger partial charge in [0.2, 0.25) is 0 Å². The Morgan fingerprint density at radius 3 is 2.47 bits per heavy atom. The van der Waals surface area contributed by atoms with Crippen molar-refractivity contribution < 1.29 is 4.79 Å². The predicted molar refractivity (Wildman–Crippen MR) is 68.0 cm³/mol. The summed E-state index contributed by atoms with van der Waals surface area (Å²) in [6.07, 6.45) is 8.26. The molecular weight excluding hydrogens is 212 g/mol. The van der Waals surface area contributed by atoms with E-state index in [0.717, 1.165) is 18.9 Å². The van der Waals surface area contributed by atoms with Crippen LogP contribution < -0.4 is 0 Å². The van der Waals surface area contributed by atoms with E-state index in [-0.39, 0.29) is 0 Å². The quantitative estimate of drug-likeness (QED) is 0.728. The van der Waals surface area contributed by atoms with Crippen LogP contribution in [0.2, 0.25) is 0 Å². The summed E-state index contributed by atoms with van der Waals surface area (Å²) in [4.78, 5) is 16.8. The number of likely N-dealkylation sites (tertiary alicyclic amines) is 1. The van der Waals surface area contributed by atoms with Crippen LogP contribution in [0.1, 0.15) is 44.9 Å². The molecule has 3 aliphatic rings. The number of ketones is 1. The summed E-state index contributed by atoms with van der Waals surface area (Å²) in [6.45, 7) is 2.46. The normalized spacial score (nSPS) is 39.8. The second-order valence-electron chi connectivity index (χ2n) is 6.16. The van der Waals surface area contributed by atoms with Crippen LogP contribution in [0.5, 0.6) is 0 Å². The van der Waals surface area contributed by atoms with Gasteiger partial charge in [-0.2, -0.15) is 0 Å². The summed E-state index contributed by atoms with van der Waals surface area (Å²) in [5, 5.41) is 0. The maximum absolute atomic E-state index is 11.6. The lowest BCUT2D eigenvalue weighted by Gasteiger charge is -2.41. The van der Waals surface area contributed by atoms with E-state index in [9.17, 15) is 4.79 Å². The highest BCUT2D eigenvalue weighted by Gasteiger charge is 2.41. The first kappa shape index (κ1) is 11.7. The molecule has 3 saturated heterocycles. The van der Waals surface area contributed by atoms with E-state index in [1.807, 2.05) is 0 Å². The van der Waals surface area contributed by atoms with Crippen LogP contribution in [-0.2, 0) is 4.79 Å². The van der Waals surface area contributed by atoms with Crippen LogP contribution in [0, 0.1) is 0 Å². The van der Waals surface area contributed by atoms with Crippen LogP contribution in [0.25, 0.3) is 0 Å². The van der Waals surface area contributed by atoms with Crippen LogP contribution in [0.15, 0.2) is 0 Å². The van der Waals surface area contributed by atoms with Crippen molar-refractivity contribution >= 4 is 5.78 Å². The first-order chi connectivity index (χ1) is 8.24. The average molecular weight is 236 g/mol. The molecule has 3 nitrogen and oxygen atoms in total. The largest absolute Gasteiger partial charge is 0.302 e. The van der Waals surface area contributed by atoms with Gasteiger partial charge in [-0.15, -0.1) is 0 Å². The van der Waals surface area contributed by atoms with Gasteiger partial charge in [-0.3, -0.25) is 9.69 Å². The zero-order chi connectivity index (χ0) is 11.8. The molecule has 0 aromatic heterocycles. The van der Waals surface area contributed by atoms with Crippen molar-refractivity contribution in [1.29, 1.82) is 0 Å². The van der Waals surface area contributed by atoms with E-state index < -0.39 is 0 Å². The van der Waals surface area contributed by atoms with Gasteiger partial charge in [-0.05, 0) is 39.3 Å². The molecule has 96 valence electrons. The molecule has 0 aromatic rings. The van der Waals surface area contributed by atoms with Crippen molar-refractivity contribution in [1.82, 2.24) is 9.80 Å². The second kappa shape index (κ2) is 4.69. The number of hydrogen-bond donors (Lipinski definition) is 0. The van der Waals surface area contributed by atoms with E-state index in [2.05, 4.69) is 16.8 Å². The topological polar surface area (TPSA) is 23.6 Å². The van der Waals surface area contributed by atoms with Gasteiger partial charge in [0.1, 0.15) is 5.78 Å². The van der Waals surface area contributed by atoms with Gasteiger partial charge in [-0.25, -0.2) is 0 Å². The van der Waals surface area contributed by atoms with Crippen molar-refractivity contribution in [2.24, 2.45) is 0 Å². The molecule has 3 fully saturated rings. The Balaban J connectivity index is 1.63. The number of piperidine rings is 2. The summed E-state index contributed by atoms with van der Waals surface area (Å²) < 4.78 is 0. The standard InChI is InChI=1S/C14H24N2O/c1-15-7-3-2-4-13(15)10-16-11-5-6-12(16)9-14(17)8-11/h11-13H,2-10H2,1H3. The molecule has 3 unspecified atom stereocenters. The third-order valence-corrected chi connectivity index (χ3v) is 5.04. The Morgan fingerprint density at radius 2 is 1.82 bits per heavy atom. The SMILES string of the molecule is CN1CCCCC1CN1C2CCC1CC(=O)C2. The first-order valence-corrected chi connectivity index (χ1v) is 7.21. The molecule has 0 spiro atoms. The van der Waals surface area contributed by atoms with Gasteiger partial charge in [0.25, 0.3) is 0 Å². The maximum atomic E-state index is 11.6. The number of fused-ring (bicyclic) bond motifs is 2. The zero-order valence-corrected chi connectivity index (χ0v) is 10.9. The summed E-state index contributed by atoms with van der Waals surface area (Å²) in [6, 6.07) is 1.90. The molecule has 3 rings (SSSR count). The van der Waals surface area contributed by atoms with E-state index >= 15 is 0 Å². The number of hydrogen-bond acceptors (Lipinski definition) is 3. The molecule has 3 atom stereocenters. The number of carbonyl (C=O) groups is 1. The molecule has 3 heterocycles. The predicted octanol–water partition coefficient (Wildman–Crippen LogP) is 1.67. The van der Waals surface area contributed by atoms with Crippen LogP contribution >= 0.6 is 0 Å². The molecule has 3 aliphatic heterocycles. The fourth-order valence-corrected chi connectivity index (χ4v) is 3.98. The average Bonchev–Trinajstić information content (AvgIpc) is 2.56. The van der Waals surface area contributed by atoms with Gasteiger partial charge in [0.05, 0.1) is 0 Å². The zero-order valence-electron chi connectivity index (χ0n) is 10.9. The lowest BCUT2D eigenvalue weighted by molar-refractivity contribution is -0.123. The minimum atomic E-state index is 0.505. The molecular formula is C14H24N2O. The van der Waals surface area contributed by atoms with Crippen molar-refractivity contribution in [3.8, 4) is 0 Å². The van der Waals surface area contributed by atoms with E-state index in [1.54, 1.807) is 0 Å². The van der Waals surface area contributed by atoms with Gasteiger partial charge in [0.15, 0.2) is 0 Å². The molecule has 0 amide bonds. The van der Waals surface area contributed by atoms with E-state index in [1.165, 1.54) is 45.2 Å². The molecule has 2 bridgehead atoms. The van der Waals surface area contributed by atoms with Crippen molar-refractivity contribution in [3.05, 3.63) is 0 Å². The lowest BCUT2D eigenvalue weighted by Crippen LogP contribution is -2.51. The fraction of sp³-hybridized carbons (Fsp3) is 0.929.